The highest BCUT2D eigenvalue weighted by molar-refractivity contribution is 7.20. The van der Waals surface area contributed by atoms with Gasteiger partial charge in [-0.2, -0.15) is 5.10 Å². The van der Waals surface area contributed by atoms with Crippen molar-refractivity contribution in [3.63, 3.8) is 0 Å². The molecule has 0 aliphatic heterocycles. The number of aryl methyl sites for hydroxylation is 2. The molecule has 5 nitrogen and oxygen atoms in total. The first kappa shape index (κ1) is 15.5. The number of nitrogens with zero attached hydrogens (tertiary/aromatic N) is 3. The van der Waals surface area contributed by atoms with E-state index in [0.29, 0.717) is 10.7 Å². The monoisotopic (exact) mass is 348 g/mol. The summed E-state index contributed by atoms with van der Waals surface area (Å²) < 4.78 is 2.94. The van der Waals surface area contributed by atoms with Crippen molar-refractivity contribution in [2.45, 2.75) is 13.0 Å². The summed E-state index contributed by atoms with van der Waals surface area (Å²) in [7, 11) is 0. The third-order valence-electron chi connectivity index (χ3n) is 3.91. The van der Waals surface area contributed by atoms with Gasteiger partial charge in [0.1, 0.15) is 0 Å². The van der Waals surface area contributed by atoms with E-state index in [1.165, 1.54) is 16.9 Å². The first-order chi connectivity index (χ1) is 12.3. The molecule has 4 rings (SSSR count). The number of carbonyl (C=O) groups excluding carboxylic acids is 1. The number of benzene rings is 1. The number of hydrogen-bond acceptors (Lipinski definition) is 4. The lowest BCUT2D eigenvalue weighted by molar-refractivity contribution is 0.103. The molecular formula is C19H16N4OS. The van der Waals surface area contributed by atoms with Crippen LogP contribution in [0.15, 0.2) is 67.1 Å². The highest BCUT2D eigenvalue weighted by Gasteiger charge is 2.11. The van der Waals surface area contributed by atoms with Gasteiger partial charge in [0.2, 0.25) is 0 Å². The highest BCUT2D eigenvalue weighted by Crippen LogP contribution is 2.25. The Hall–Kier alpha value is -2.99. The second-order valence-corrected chi connectivity index (χ2v) is 6.76. The lowest BCUT2D eigenvalue weighted by Gasteiger charge is -2.02. The predicted molar refractivity (Wildman–Crippen MR) is 99.9 cm³/mol. The van der Waals surface area contributed by atoms with Crippen molar-refractivity contribution in [3.8, 4) is 0 Å². The average molecular weight is 348 g/mol. The van der Waals surface area contributed by atoms with Crippen LogP contribution in [-0.4, -0.2) is 20.7 Å². The molecule has 3 heterocycles. The number of thiophene rings is 1. The number of anilines is 1. The third kappa shape index (κ3) is 3.59. The van der Waals surface area contributed by atoms with Gasteiger partial charge in [-0.05, 0) is 41.6 Å². The third-order valence-corrected chi connectivity index (χ3v) is 5.03. The fraction of sp³-hybridized carbons (Fsp3) is 0.105. The minimum absolute atomic E-state index is 0.124. The predicted octanol–water partition coefficient (Wildman–Crippen LogP) is 3.99. The Balaban J connectivity index is 1.41. The molecule has 0 radical (unpaired) electrons. The Morgan fingerprint density at radius 3 is 2.80 bits per heavy atom. The zero-order valence-corrected chi connectivity index (χ0v) is 14.2. The Bertz CT molecular complexity index is 973. The molecule has 6 heteroatoms. The van der Waals surface area contributed by atoms with Crippen LogP contribution in [0.1, 0.15) is 15.2 Å². The summed E-state index contributed by atoms with van der Waals surface area (Å²) >= 11 is 1.49. The van der Waals surface area contributed by atoms with Crippen LogP contribution in [0.2, 0.25) is 0 Å². The molecule has 1 amide bonds. The lowest BCUT2D eigenvalue weighted by Crippen LogP contribution is -2.11. The van der Waals surface area contributed by atoms with Gasteiger partial charge in [-0.25, -0.2) is 0 Å². The Kier molecular flexibility index (Phi) is 4.26. The van der Waals surface area contributed by atoms with Crippen LogP contribution < -0.4 is 5.32 Å². The molecule has 1 N–H and O–H groups in total. The maximum Gasteiger partial charge on any atom is 0.266 e. The first-order valence-corrected chi connectivity index (χ1v) is 8.82. The number of nitrogens with one attached hydrogen (secondary N) is 1. The first-order valence-electron chi connectivity index (χ1n) is 8.00. The van der Waals surface area contributed by atoms with E-state index >= 15 is 0 Å². The van der Waals surface area contributed by atoms with E-state index in [1.54, 1.807) is 12.4 Å². The van der Waals surface area contributed by atoms with Crippen LogP contribution in [0.25, 0.3) is 10.1 Å². The molecule has 4 aromatic rings. The molecule has 0 bridgehead atoms. The van der Waals surface area contributed by atoms with Crippen molar-refractivity contribution < 1.29 is 4.79 Å². The van der Waals surface area contributed by atoms with E-state index in [2.05, 4.69) is 15.4 Å². The van der Waals surface area contributed by atoms with Crippen molar-refractivity contribution in [3.05, 3.63) is 77.6 Å². The maximum atomic E-state index is 12.4. The fourth-order valence-corrected chi connectivity index (χ4v) is 3.58. The van der Waals surface area contributed by atoms with Crippen LogP contribution in [0.3, 0.4) is 0 Å². The maximum absolute atomic E-state index is 12.4. The summed E-state index contributed by atoms with van der Waals surface area (Å²) in [4.78, 5) is 17.1. The minimum Gasteiger partial charge on any atom is -0.304 e. The molecule has 0 saturated carbocycles. The second-order valence-electron chi connectivity index (χ2n) is 5.67. The Morgan fingerprint density at radius 2 is 1.96 bits per heavy atom. The molecule has 0 unspecified atom stereocenters. The zero-order valence-electron chi connectivity index (χ0n) is 13.4. The number of aromatic nitrogens is 3. The minimum atomic E-state index is -0.124. The summed E-state index contributed by atoms with van der Waals surface area (Å²) in [5.41, 5.74) is 1.21. The van der Waals surface area contributed by atoms with E-state index in [0.717, 1.165) is 23.1 Å². The van der Waals surface area contributed by atoms with Crippen molar-refractivity contribution in [1.29, 1.82) is 0 Å². The normalized spacial score (nSPS) is 10.9. The van der Waals surface area contributed by atoms with Gasteiger partial charge in [-0.15, -0.1) is 11.3 Å². The lowest BCUT2D eigenvalue weighted by atomic mass is 10.2. The fourth-order valence-electron chi connectivity index (χ4n) is 2.62. The molecule has 0 atom stereocenters. The number of pyridine rings is 1. The highest BCUT2D eigenvalue weighted by atomic mass is 32.1. The standard InChI is InChI=1S/C19H16N4OS/c24-19(17-13-15-3-1-2-4-16(15)25-17)21-18-8-12-23(22-18)11-7-14-5-9-20-10-6-14/h1-6,8-10,12-13H,7,11H2,(H,21,22,24). The topological polar surface area (TPSA) is 59.8 Å². The van der Waals surface area contributed by atoms with E-state index < -0.39 is 0 Å². The molecule has 0 spiro atoms. The molecule has 124 valence electrons. The van der Waals surface area contributed by atoms with E-state index in [9.17, 15) is 4.79 Å². The van der Waals surface area contributed by atoms with Gasteiger partial charge in [0.05, 0.1) is 4.88 Å². The smallest absolute Gasteiger partial charge is 0.266 e. The summed E-state index contributed by atoms with van der Waals surface area (Å²) in [6, 6.07) is 15.7. The second kappa shape index (κ2) is 6.86. The van der Waals surface area contributed by atoms with Crippen LogP contribution in [0.5, 0.6) is 0 Å². The van der Waals surface area contributed by atoms with Crippen molar-refractivity contribution in [1.82, 2.24) is 14.8 Å². The van der Waals surface area contributed by atoms with Crippen LogP contribution >= 0.6 is 11.3 Å². The Labute approximate surface area is 149 Å². The van der Waals surface area contributed by atoms with E-state index in [-0.39, 0.29) is 5.91 Å². The van der Waals surface area contributed by atoms with E-state index in [1.807, 2.05) is 59.4 Å². The number of rotatable bonds is 5. The van der Waals surface area contributed by atoms with Gasteiger partial charge in [-0.3, -0.25) is 14.5 Å². The van der Waals surface area contributed by atoms with Gasteiger partial charge in [0, 0.05) is 35.9 Å². The number of carbonyl (C=O) groups is 1. The van der Waals surface area contributed by atoms with Gasteiger partial charge >= 0.3 is 0 Å². The average Bonchev–Trinajstić information content (AvgIpc) is 3.27. The molecule has 0 saturated heterocycles. The van der Waals surface area contributed by atoms with E-state index in [4.69, 9.17) is 0 Å². The molecule has 0 aliphatic carbocycles. The van der Waals surface area contributed by atoms with Crippen LogP contribution in [0, 0.1) is 0 Å². The van der Waals surface area contributed by atoms with Gasteiger partial charge in [0.25, 0.3) is 5.91 Å². The van der Waals surface area contributed by atoms with Crippen molar-refractivity contribution >= 4 is 33.1 Å². The molecule has 0 fully saturated rings. The number of amides is 1. The molecule has 25 heavy (non-hydrogen) atoms. The zero-order chi connectivity index (χ0) is 17.1. The summed E-state index contributed by atoms with van der Waals surface area (Å²) in [5, 5.41) is 8.37. The summed E-state index contributed by atoms with van der Waals surface area (Å²) in [6.07, 6.45) is 6.32. The van der Waals surface area contributed by atoms with Gasteiger partial charge in [0.15, 0.2) is 5.82 Å². The summed E-state index contributed by atoms with van der Waals surface area (Å²) in [5.74, 6) is 0.442. The largest absolute Gasteiger partial charge is 0.304 e. The van der Waals surface area contributed by atoms with Gasteiger partial charge in [-0.1, -0.05) is 18.2 Å². The number of hydrogen-bond donors (Lipinski definition) is 1. The SMILES string of the molecule is O=C(Nc1ccn(CCc2ccncc2)n1)c1cc2ccccc2s1. The molecule has 1 aromatic carbocycles. The molecular weight excluding hydrogens is 332 g/mol. The van der Waals surface area contributed by atoms with Gasteiger partial charge < -0.3 is 5.32 Å². The van der Waals surface area contributed by atoms with Crippen molar-refractivity contribution in [2.75, 3.05) is 5.32 Å². The molecule has 3 aromatic heterocycles. The summed E-state index contributed by atoms with van der Waals surface area (Å²) in [6.45, 7) is 0.753. The number of fused-ring (bicyclic) bond motifs is 1. The van der Waals surface area contributed by atoms with Crippen LogP contribution in [0.4, 0.5) is 5.82 Å². The van der Waals surface area contributed by atoms with Crippen LogP contribution in [-0.2, 0) is 13.0 Å². The molecule has 0 aliphatic rings. The Morgan fingerprint density at radius 1 is 1.12 bits per heavy atom. The quantitative estimate of drug-likeness (QED) is 0.593. The van der Waals surface area contributed by atoms with Crippen molar-refractivity contribution in [2.24, 2.45) is 0 Å².